The smallest absolute Gasteiger partial charge is 0.244 e. The van der Waals surface area contributed by atoms with Crippen LogP contribution in [-0.4, -0.2) is 62.7 Å². The van der Waals surface area contributed by atoms with E-state index in [9.17, 15) is 18.0 Å². The van der Waals surface area contributed by atoms with Crippen LogP contribution < -0.4 is 19.1 Å². The zero-order valence-electron chi connectivity index (χ0n) is 23.0. The number of carbonyl (C=O) groups is 2. The molecule has 2 aromatic rings. The number of nitrogens with one attached hydrogen (secondary N) is 1. The predicted octanol–water partition coefficient (Wildman–Crippen LogP) is 3.79. The first-order chi connectivity index (χ1) is 18.7. The molecule has 1 aliphatic heterocycles. The van der Waals surface area contributed by atoms with Crippen molar-refractivity contribution in [3.05, 3.63) is 53.6 Å². The number of rotatable bonds is 11. The monoisotopic (exact) mass is 557 g/mol. The molecule has 1 fully saturated rings. The third-order valence-electron chi connectivity index (χ3n) is 7.32. The first-order valence-electron chi connectivity index (χ1n) is 13.8. The van der Waals surface area contributed by atoms with Crippen molar-refractivity contribution < 1.29 is 27.5 Å². The van der Waals surface area contributed by atoms with Crippen LogP contribution in [0, 0.1) is 6.92 Å². The van der Waals surface area contributed by atoms with Crippen molar-refractivity contribution in [2.24, 2.45) is 0 Å². The Morgan fingerprint density at radius 2 is 1.74 bits per heavy atom. The van der Waals surface area contributed by atoms with Crippen molar-refractivity contribution in [2.45, 2.75) is 71.5 Å². The van der Waals surface area contributed by atoms with E-state index in [4.69, 9.17) is 9.47 Å². The summed E-state index contributed by atoms with van der Waals surface area (Å²) < 4.78 is 38.8. The molecule has 0 bridgehead atoms. The van der Waals surface area contributed by atoms with Crippen LogP contribution in [0.1, 0.15) is 57.1 Å². The summed E-state index contributed by atoms with van der Waals surface area (Å²) in [7, 11) is -3.83. The molecule has 1 saturated carbocycles. The first-order valence-corrected chi connectivity index (χ1v) is 15.4. The van der Waals surface area contributed by atoms with E-state index in [1.165, 1.54) is 4.90 Å². The van der Waals surface area contributed by atoms with Crippen molar-refractivity contribution in [3.8, 4) is 11.5 Å². The molecule has 1 N–H and O–H groups in total. The van der Waals surface area contributed by atoms with Gasteiger partial charge in [-0.3, -0.25) is 13.9 Å². The standard InChI is InChI=1S/C29H39N3O6S/c1-4-25(29(34)30-23-11-6-7-12-23)31(19-22-10-8-9-21(3)17-22)28(33)20-32(39(35,36)5-2)24-13-14-26-27(18-24)38-16-15-37-26/h8-10,13-14,17-18,23,25H,4-7,11-12,15-16,19-20H2,1-3H3,(H,30,34)/t25-/m1/s1. The second-order valence-electron chi connectivity index (χ2n) is 10.2. The number of amides is 2. The van der Waals surface area contributed by atoms with Crippen LogP contribution >= 0.6 is 0 Å². The normalized spacial score (nSPS) is 16.0. The Hall–Kier alpha value is -3.27. The molecule has 4 rings (SSSR count). The van der Waals surface area contributed by atoms with Gasteiger partial charge in [-0.1, -0.05) is 49.6 Å². The molecule has 0 saturated heterocycles. The van der Waals surface area contributed by atoms with E-state index in [2.05, 4.69) is 5.32 Å². The fourth-order valence-electron chi connectivity index (χ4n) is 5.20. The van der Waals surface area contributed by atoms with Crippen LogP contribution in [0.5, 0.6) is 11.5 Å². The van der Waals surface area contributed by atoms with Gasteiger partial charge in [-0.15, -0.1) is 0 Å². The molecule has 1 atom stereocenters. The molecule has 212 valence electrons. The highest BCUT2D eigenvalue weighted by Gasteiger charge is 2.34. The third-order valence-corrected chi connectivity index (χ3v) is 9.06. The quantitative estimate of drug-likeness (QED) is 0.451. The van der Waals surface area contributed by atoms with Crippen LogP contribution in [0.2, 0.25) is 0 Å². The van der Waals surface area contributed by atoms with E-state index in [-0.39, 0.29) is 24.2 Å². The lowest BCUT2D eigenvalue weighted by molar-refractivity contribution is -0.140. The average molecular weight is 558 g/mol. The largest absolute Gasteiger partial charge is 0.486 e. The SMILES string of the molecule is CC[C@H](C(=O)NC1CCCC1)N(Cc1cccc(C)c1)C(=O)CN(c1ccc2c(c1)OCCO2)S(=O)(=O)CC. The van der Waals surface area contributed by atoms with Gasteiger partial charge in [-0.2, -0.15) is 0 Å². The summed E-state index contributed by atoms with van der Waals surface area (Å²) in [5, 5.41) is 3.13. The summed E-state index contributed by atoms with van der Waals surface area (Å²) >= 11 is 0. The molecule has 0 spiro atoms. The summed E-state index contributed by atoms with van der Waals surface area (Å²) in [5.74, 6) is 0.125. The number of carbonyl (C=O) groups excluding carboxylic acids is 2. The van der Waals surface area contributed by atoms with Crippen molar-refractivity contribution in [1.29, 1.82) is 0 Å². The topological polar surface area (TPSA) is 105 Å². The Kier molecular flexibility index (Phi) is 9.37. The number of hydrogen-bond donors (Lipinski definition) is 1. The zero-order chi connectivity index (χ0) is 28.0. The molecule has 0 aromatic heterocycles. The fraction of sp³-hybridized carbons (Fsp3) is 0.517. The molecule has 2 aromatic carbocycles. The van der Waals surface area contributed by atoms with Gasteiger partial charge in [0.2, 0.25) is 21.8 Å². The number of fused-ring (bicyclic) bond motifs is 1. The fourth-order valence-corrected chi connectivity index (χ4v) is 6.25. The second kappa shape index (κ2) is 12.7. The molecule has 10 heteroatoms. The van der Waals surface area contributed by atoms with E-state index in [0.29, 0.717) is 36.8 Å². The molecule has 2 aliphatic rings. The average Bonchev–Trinajstić information content (AvgIpc) is 3.44. The maximum Gasteiger partial charge on any atom is 0.244 e. The highest BCUT2D eigenvalue weighted by Crippen LogP contribution is 2.35. The summed E-state index contributed by atoms with van der Waals surface area (Å²) in [4.78, 5) is 29.0. The predicted molar refractivity (Wildman–Crippen MR) is 150 cm³/mol. The number of sulfonamides is 1. The van der Waals surface area contributed by atoms with Gasteiger partial charge in [0, 0.05) is 18.7 Å². The molecule has 1 heterocycles. The third kappa shape index (κ3) is 7.03. The number of ether oxygens (including phenoxy) is 2. The van der Waals surface area contributed by atoms with E-state index >= 15 is 0 Å². The number of benzene rings is 2. The molecular formula is C29H39N3O6S. The van der Waals surface area contributed by atoms with Crippen molar-refractivity contribution in [3.63, 3.8) is 0 Å². The summed E-state index contributed by atoms with van der Waals surface area (Å²) in [6, 6.07) is 12.0. The van der Waals surface area contributed by atoms with Gasteiger partial charge in [0.25, 0.3) is 0 Å². The van der Waals surface area contributed by atoms with Crippen LogP contribution in [0.4, 0.5) is 5.69 Å². The van der Waals surface area contributed by atoms with Gasteiger partial charge in [0.15, 0.2) is 11.5 Å². The second-order valence-corrected chi connectivity index (χ2v) is 12.3. The Balaban J connectivity index is 1.65. The molecule has 2 amide bonds. The number of anilines is 1. The zero-order valence-corrected chi connectivity index (χ0v) is 23.8. The van der Waals surface area contributed by atoms with Gasteiger partial charge in [0.1, 0.15) is 25.8 Å². The van der Waals surface area contributed by atoms with Crippen LogP contribution in [0.15, 0.2) is 42.5 Å². The Bertz CT molecular complexity index is 1280. The molecule has 0 unspecified atom stereocenters. The van der Waals surface area contributed by atoms with Crippen molar-refractivity contribution in [2.75, 3.05) is 29.8 Å². The molecule has 9 nitrogen and oxygen atoms in total. The molecule has 1 aliphatic carbocycles. The lowest BCUT2D eigenvalue weighted by atomic mass is 10.1. The van der Waals surface area contributed by atoms with E-state index in [1.807, 2.05) is 38.1 Å². The first kappa shape index (κ1) is 28.7. The van der Waals surface area contributed by atoms with Gasteiger partial charge >= 0.3 is 0 Å². The van der Waals surface area contributed by atoms with Crippen LogP contribution in [0.25, 0.3) is 0 Å². The van der Waals surface area contributed by atoms with Crippen molar-refractivity contribution >= 4 is 27.5 Å². The minimum atomic E-state index is -3.83. The molecule has 0 radical (unpaired) electrons. The summed E-state index contributed by atoms with van der Waals surface area (Å²) in [5.41, 5.74) is 2.22. The number of nitrogens with zero attached hydrogens (tertiary/aromatic N) is 2. The Morgan fingerprint density at radius 1 is 1.03 bits per heavy atom. The van der Waals surface area contributed by atoms with Gasteiger partial charge < -0.3 is 19.7 Å². The van der Waals surface area contributed by atoms with E-state index in [1.54, 1.807) is 25.1 Å². The van der Waals surface area contributed by atoms with Gasteiger partial charge in [-0.05, 0) is 50.8 Å². The maximum absolute atomic E-state index is 14.0. The minimum absolute atomic E-state index is 0.108. The van der Waals surface area contributed by atoms with Gasteiger partial charge in [-0.25, -0.2) is 8.42 Å². The number of aryl methyl sites for hydroxylation is 1. The highest BCUT2D eigenvalue weighted by atomic mass is 32.2. The van der Waals surface area contributed by atoms with E-state index in [0.717, 1.165) is 41.1 Å². The van der Waals surface area contributed by atoms with Gasteiger partial charge in [0.05, 0.1) is 11.4 Å². The van der Waals surface area contributed by atoms with Crippen molar-refractivity contribution in [1.82, 2.24) is 10.2 Å². The Morgan fingerprint density at radius 3 is 2.41 bits per heavy atom. The van der Waals surface area contributed by atoms with Crippen LogP contribution in [0.3, 0.4) is 0 Å². The van der Waals surface area contributed by atoms with Crippen LogP contribution in [-0.2, 0) is 26.2 Å². The Labute approximate surface area is 231 Å². The molecular weight excluding hydrogens is 518 g/mol. The lowest BCUT2D eigenvalue weighted by Crippen LogP contribution is -2.53. The van der Waals surface area contributed by atoms with E-state index < -0.39 is 28.5 Å². The maximum atomic E-state index is 14.0. The summed E-state index contributed by atoms with van der Waals surface area (Å²) in [6.07, 6.45) is 4.42. The highest BCUT2D eigenvalue weighted by molar-refractivity contribution is 7.92. The lowest BCUT2D eigenvalue weighted by Gasteiger charge is -2.34. The summed E-state index contributed by atoms with van der Waals surface area (Å²) in [6.45, 7) is 5.91. The molecule has 39 heavy (non-hydrogen) atoms. The number of hydrogen-bond acceptors (Lipinski definition) is 6. The minimum Gasteiger partial charge on any atom is -0.486 e.